The van der Waals surface area contributed by atoms with Gasteiger partial charge >= 0.3 is 5.97 Å². The normalized spacial score (nSPS) is 14.8. The van der Waals surface area contributed by atoms with Crippen LogP contribution in [-0.2, 0) is 9.53 Å². The van der Waals surface area contributed by atoms with Crippen LogP contribution in [0.15, 0.2) is 23.3 Å². The molecule has 0 spiro atoms. The minimum Gasteiger partial charge on any atom is -0.463 e. The molecular formula is C16H28O2. The van der Waals surface area contributed by atoms with Crippen molar-refractivity contribution in [2.45, 2.75) is 54.4 Å². The van der Waals surface area contributed by atoms with Crippen LogP contribution < -0.4 is 0 Å². The van der Waals surface area contributed by atoms with E-state index < -0.39 is 0 Å². The summed E-state index contributed by atoms with van der Waals surface area (Å²) in [5.41, 5.74) is 2.16. The SMILES string of the molecule is CCOC(=O)/C=C(C)/C(C)=C/C(C)CCC(C)C. The van der Waals surface area contributed by atoms with Crippen LogP contribution in [0.4, 0.5) is 0 Å². The van der Waals surface area contributed by atoms with Crippen LogP contribution >= 0.6 is 0 Å². The first kappa shape index (κ1) is 16.9. The molecule has 0 radical (unpaired) electrons. The fourth-order valence-corrected chi connectivity index (χ4v) is 1.71. The van der Waals surface area contributed by atoms with Gasteiger partial charge in [-0.3, -0.25) is 0 Å². The zero-order valence-electron chi connectivity index (χ0n) is 12.7. The van der Waals surface area contributed by atoms with Gasteiger partial charge in [0.25, 0.3) is 0 Å². The molecule has 2 heteroatoms. The molecule has 2 nitrogen and oxygen atoms in total. The number of hydrogen-bond donors (Lipinski definition) is 0. The third kappa shape index (κ3) is 8.10. The average molecular weight is 252 g/mol. The van der Waals surface area contributed by atoms with Gasteiger partial charge in [0.05, 0.1) is 6.61 Å². The molecule has 0 rings (SSSR count). The summed E-state index contributed by atoms with van der Waals surface area (Å²) in [4.78, 5) is 11.3. The predicted octanol–water partition coefficient (Wildman–Crippen LogP) is 4.51. The Morgan fingerprint density at radius 3 is 2.22 bits per heavy atom. The number of hydrogen-bond acceptors (Lipinski definition) is 2. The van der Waals surface area contributed by atoms with Crippen LogP contribution in [0.1, 0.15) is 54.4 Å². The van der Waals surface area contributed by atoms with E-state index in [-0.39, 0.29) is 5.97 Å². The Balaban J connectivity index is 4.42. The fourth-order valence-electron chi connectivity index (χ4n) is 1.71. The van der Waals surface area contributed by atoms with Gasteiger partial charge in [-0.25, -0.2) is 4.79 Å². The molecule has 0 aromatic rings. The first-order valence-electron chi connectivity index (χ1n) is 6.90. The zero-order valence-corrected chi connectivity index (χ0v) is 12.7. The van der Waals surface area contributed by atoms with Gasteiger partial charge < -0.3 is 4.74 Å². The molecule has 0 aromatic carbocycles. The molecule has 0 heterocycles. The smallest absolute Gasteiger partial charge is 0.331 e. The van der Waals surface area contributed by atoms with E-state index in [0.29, 0.717) is 12.5 Å². The molecule has 104 valence electrons. The number of esters is 1. The highest BCUT2D eigenvalue weighted by Crippen LogP contribution is 2.17. The zero-order chi connectivity index (χ0) is 14.1. The van der Waals surface area contributed by atoms with E-state index in [0.717, 1.165) is 11.5 Å². The van der Waals surface area contributed by atoms with E-state index in [9.17, 15) is 4.79 Å². The van der Waals surface area contributed by atoms with Crippen molar-refractivity contribution in [2.75, 3.05) is 6.61 Å². The summed E-state index contributed by atoms with van der Waals surface area (Å²) in [5, 5.41) is 0. The molecule has 18 heavy (non-hydrogen) atoms. The second-order valence-electron chi connectivity index (χ2n) is 5.38. The fraction of sp³-hybridized carbons (Fsp3) is 0.688. The minimum atomic E-state index is -0.252. The number of carbonyl (C=O) groups is 1. The van der Waals surface area contributed by atoms with E-state index in [4.69, 9.17) is 4.74 Å². The van der Waals surface area contributed by atoms with Gasteiger partial charge in [0, 0.05) is 6.08 Å². The lowest BCUT2D eigenvalue weighted by atomic mass is 9.96. The minimum absolute atomic E-state index is 0.252. The van der Waals surface area contributed by atoms with E-state index in [1.165, 1.54) is 18.4 Å². The molecule has 0 saturated carbocycles. The van der Waals surface area contributed by atoms with Crippen molar-refractivity contribution in [3.05, 3.63) is 23.3 Å². The van der Waals surface area contributed by atoms with Crippen molar-refractivity contribution in [3.8, 4) is 0 Å². The molecule has 0 aliphatic heterocycles. The number of allylic oxidation sites excluding steroid dienone is 3. The van der Waals surface area contributed by atoms with Gasteiger partial charge in [-0.1, -0.05) is 38.8 Å². The van der Waals surface area contributed by atoms with Crippen molar-refractivity contribution in [1.82, 2.24) is 0 Å². The standard InChI is InChI=1S/C16H28O2/c1-7-18-16(17)11-15(6)14(5)10-13(4)9-8-12(2)3/h10-13H,7-9H2,1-6H3/b14-10+,15-11+. The summed E-state index contributed by atoms with van der Waals surface area (Å²) in [6.45, 7) is 13.0. The summed E-state index contributed by atoms with van der Waals surface area (Å²) in [5.74, 6) is 1.05. The van der Waals surface area contributed by atoms with Gasteiger partial charge in [0.1, 0.15) is 0 Å². The Morgan fingerprint density at radius 1 is 1.11 bits per heavy atom. The largest absolute Gasteiger partial charge is 0.463 e. The summed E-state index contributed by atoms with van der Waals surface area (Å²) in [6.07, 6.45) is 6.26. The molecule has 0 bridgehead atoms. The van der Waals surface area contributed by atoms with Crippen molar-refractivity contribution in [3.63, 3.8) is 0 Å². The molecule has 0 aromatic heterocycles. The first-order valence-corrected chi connectivity index (χ1v) is 6.90. The average Bonchev–Trinajstić information content (AvgIpc) is 2.26. The highest BCUT2D eigenvalue weighted by Gasteiger charge is 2.04. The van der Waals surface area contributed by atoms with Crippen molar-refractivity contribution < 1.29 is 9.53 Å². The van der Waals surface area contributed by atoms with Gasteiger partial charge in [-0.05, 0) is 44.6 Å². The maximum Gasteiger partial charge on any atom is 0.331 e. The van der Waals surface area contributed by atoms with Gasteiger partial charge in [0.15, 0.2) is 0 Å². The van der Waals surface area contributed by atoms with E-state index >= 15 is 0 Å². The monoisotopic (exact) mass is 252 g/mol. The molecule has 0 saturated heterocycles. The van der Waals surface area contributed by atoms with Crippen LogP contribution in [0.3, 0.4) is 0 Å². The summed E-state index contributed by atoms with van der Waals surface area (Å²) < 4.78 is 4.90. The van der Waals surface area contributed by atoms with Gasteiger partial charge in [-0.15, -0.1) is 0 Å². The van der Waals surface area contributed by atoms with Crippen molar-refractivity contribution in [1.29, 1.82) is 0 Å². The molecule has 1 atom stereocenters. The van der Waals surface area contributed by atoms with Crippen LogP contribution in [0, 0.1) is 11.8 Å². The second kappa shape index (κ2) is 8.96. The second-order valence-corrected chi connectivity index (χ2v) is 5.38. The Hall–Kier alpha value is -1.05. The third-order valence-corrected chi connectivity index (χ3v) is 2.98. The molecule has 0 fully saturated rings. The quantitative estimate of drug-likeness (QED) is 0.378. The summed E-state index contributed by atoms with van der Waals surface area (Å²) in [6, 6.07) is 0. The Morgan fingerprint density at radius 2 is 1.72 bits per heavy atom. The van der Waals surface area contributed by atoms with Crippen LogP contribution in [-0.4, -0.2) is 12.6 Å². The van der Waals surface area contributed by atoms with Crippen LogP contribution in [0.2, 0.25) is 0 Å². The molecule has 0 aliphatic carbocycles. The van der Waals surface area contributed by atoms with Crippen molar-refractivity contribution >= 4 is 5.97 Å². The third-order valence-electron chi connectivity index (χ3n) is 2.98. The topological polar surface area (TPSA) is 26.3 Å². The molecule has 0 N–H and O–H groups in total. The maximum atomic E-state index is 11.3. The molecule has 0 aliphatic rings. The Labute approximate surface area is 112 Å². The highest BCUT2D eigenvalue weighted by molar-refractivity contribution is 5.83. The van der Waals surface area contributed by atoms with Crippen LogP contribution in [0.25, 0.3) is 0 Å². The van der Waals surface area contributed by atoms with Crippen molar-refractivity contribution in [2.24, 2.45) is 11.8 Å². The lowest BCUT2D eigenvalue weighted by molar-refractivity contribution is -0.137. The lowest BCUT2D eigenvalue weighted by Crippen LogP contribution is -2.01. The highest BCUT2D eigenvalue weighted by atomic mass is 16.5. The Bertz CT molecular complexity index is 311. The van der Waals surface area contributed by atoms with Crippen LogP contribution in [0.5, 0.6) is 0 Å². The molecule has 1 unspecified atom stereocenters. The van der Waals surface area contributed by atoms with Gasteiger partial charge in [-0.2, -0.15) is 0 Å². The summed E-state index contributed by atoms with van der Waals surface area (Å²) >= 11 is 0. The summed E-state index contributed by atoms with van der Waals surface area (Å²) in [7, 11) is 0. The number of ether oxygens (including phenoxy) is 1. The number of carbonyl (C=O) groups excluding carboxylic acids is 1. The molecular weight excluding hydrogens is 224 g/mol. The van der Waals surface area contributed by atoms with Gasteiger partial charge in [0.2, 0.25) is 0 Å². The predicted molar refractivity (Wildman–Crippen MR) is 77.4 cm³/mol. The van der Waals surface area contributed by atoms with E-state index in [1.807, 2.05) is 13.8 Å². The van der Waals surface area contributed by atoms with E-state index in [2.05, 4.69) is 33.8 Å². The molecule has 0 amide bonds. The number of rotatable bonds is 7. The first-order chi connectivity index (χ1) is 8.36. The van der Waals surface area contributed by atoms with E-state index in [1.54, 1.807) is 6.08 Å². The lowest BCUT2D eigenvalue weighted by Gasteiger charge is -2.11. The Kier molecular flexibility index (Phi) is 8.43. The maximum absolute atomic E-state index is 11.3.